The molecule has 76 valence electrons. The van der Waals surface area contributed by atoms with Gasteiger partial charge in [0.25, 0.3) is 5.91 Å². The number of carbonyl (C=O) groups excluding carboxylic acids is 1. The summed E-state index contributed by atoms with van der Waals surface area (Å²) in [6.07, 6.45) is 0. The number of benzene rings is 1. The van der Waals surface area contributed by atoms with Gasteiger partial charge in [-0.2, -0.15) is 0 Å². The molecule has 0 fully saturated rings. The molecule has 0 saturated carbocycles. The van der Waals surface area contributed by atoms with Crippen molar-refractivity contribution < 1.29 is 9.18 Å². The largest absolute Gasteiger partial charge is 0.355 e. The predicted molar refractivity (Wildman–Crippen MR) is 52.6 cm³/mol. The molecule has 3 nitrogen and oxygen atoms in total. The van der Waals surface area contributed by atoms with Crippen molar-refractivity contribution in [3.8, 4) is 0 Å². The molecule has 0 saturated heterocycles. The lowest BCUT2D eigenvalue weighted by Crippen LogP contribution is -2.21. The van der Waals surface area contributed by atoms with Crippen molar-refractivity contribution in [1.29, 1.82) is 0 Å². The van der Waals surface area contributed by atoms with Gasteiger partial charge < -0.3 is 10.6 Å². The van der Waals surface area contributed by atoms with E-state index in [9.17, 15) is 9.18 Å². The summed E-state index contributed by atoms with van der Waals surface area (Å²) in [5, 5.41) is 5.39. The number of rotatable bonds is 3. The van der Waals surface area contributed by atoms with Crippen LogP contribution in [0.25, 0.3) is 0 Å². The van der Waals surface area contributed by atoms with E-state index in [1.54, 1.807) is 13.1 Å². The highest BCUT2D eigenvalue weighted by atomic mass is 19.1. The Kier molecular flexibility index (Phi) is 3.59. The summed E-state index contributed by atoms with van der Waals surface area (Å²) in [4.78, 5) is 11.4. The first-order chi connectivity index (χ1) is 6.69. The van der Waals surface area contributed by atoms with Gasteiger partial charge in [-0.05, 0) is 24.7 Å². The summed E-state index contributed by atoms with van der Waals surface area (Å²) in [5.74, 6) is -0.668. The third kappa shape index (κ3) is 2.29. The van der Waals surface area contributed by atoms with Crippen molar-refractivity contribution in [3.05, 3.63) is 35.1 Å². The molecule has 1 rings (SSSR count). The van der Waals surface area contributed by atoms with Crippen molar-refractivity contribution in [2.75, 3.05) is 14.1 Å². The van der Waals surface area contributed by atoms with Crippen LogP contribution in [0.5, 0.6) is 0 Å². The Morgan fingerprint density at radius 3 is 2.71 bits per heavy atom. The fourth-order valence-electron chi connectivity index (χ4n) is 1.24. The molecule has 0 bridgehead atoms. The van der Waals surface area contributed by atoms with Crippen LogP contribution < -0.4 is 10.6 Å². The van der Waals surface area contributed by atoms with Gasteiger partial charge in [0.05, 0.1) is 0 Å². The molecule has 0 aliphatic carbocycles. The van der Waals surface area contributed by atoms with Gasteiger partial charge in [-0.1, -0.05) is 6.07 Å². The van der Waals surface area contributed by atoms with Crippen LogP contribution in [0.2, 0.25) is 0 Å². The summed E-state index contributed by atoms with van der Waals surface area (Å²) >= 11 is 0. The van der Waals surface area contributed by atoms with E-state index in [0.29, 0.717) is 12.1 Å². The molecular weight excluding hydrogens is 183 g/mol. The number of amides is 1. The van der Waals surface area contributed by atoms with Crippen molar-refractivity contribution in [3.63, 3.8) is 0 Å². The van der Waals surface area contributed by atoms with Crippen LogP contribution in [0.15, 0.2) is 18.2 Å². The molecule has 2 N–H and O–H groups in total. The van der Waals surface area contributed by atoms with E-state index in [4.69, 9.17) is 0 Å². The highest BCUT2D eigenvalue weighted by Crippen LogP contribution is 2.11. The maximum absolute atomic E-state index is 12.9. The average Bonchev–Trinajstić information content (AvgIpc) is 2.20. The molecule has 0 radical (unpaired) electrons. The van der Waals surface area contributed by atoms with E-state index in [-0.39, 0.29) is 5.91 Å². The van der Waals surface area contributed by atoms with Gasteiger partial charge >= 0.3 is 0 Å². The minimum Gasteiger partial charge on any atom is -0.355 e. The lowest BCUT2D eigenvalue weighted by molar-refractivity contribution is 0.0961. The molecule has 14 heavy (non-hydrogen) atoms. The normalized spacial score (nSPS) is 9.93. The van der Waals surface area contributed by atoms with Crippen LogP contribution in [0.1, 0.15) is 15.9 Å². The summed E-state index contributed by atoms with van der Waals surface area (Å²) in [6, 6.07) is 4.20. The molecule has 0 heterocycles. The minimum atomic E-state index is -0.400. The van der Waals surface area contributed by atoms with E-state index in [1.807, 2.05) is 0 Å². The van der Waals surface area contributed by atoms with Crippen LogP contribution in [0, 0.1) is 5.82 Å². The van der Waals surface area contributed by atoms with Gasteiger partial charge in [-0.3, -0.25) is 4.79 Å². The molecule has 0 atom stereocenters. The molecule has 1 aromatic rings. The molecule has 0 aliphatic heterocycles. The van der Waals surface area contributed by atoms with Crippen LogP contribution >= 0.6 is 0 Å². The van der Waals surface area contributed by atoms with Gasteiger partial charge in [0.15, 0.2) is 0 Å². The SMILES string of the molecule is CNCc1ccc(F)cc1C(=O)NC. The van der Waals surface area contributed by atoms with Crippen LogP contribution in [-0.4, -0.2) is 20.0 Å². The fourth-order valence-corrected chi connectivity index (χ4v) is 1.24. The Balaban J connectivity index is 3.08. The summed E-state index contributed by atoms with van der Waals surface area (Å²) in [7, 11) is 3.30. The molecule has 4 heteroatoms. The average molecular weight is 196 g/mol. The van der Waals surface area contributed by atoms with E-state index in [2.05, 4.69) is 10.6 Å². The highest BCUT2D eigenvalue weighted by Gasteiger charge is 2.09. The standard InChI is InChI=1S/C10H13FN2O/c1-12-6-7-3-4-8(11)5-9(7)10(14)13-2/h3-5,12H,6H2,1-2H3,(H,13,14). The summed E-state index contributed by atoms with van der Waals surface area (Å²) in [6.45, 7) is 0.545. The third-order valence-corrected chi connectivity index (χ3v) is 1.91. The quantitative estimate of drug-likeness (QED) is 0.754. The maximum atomic E-state index is 12.9. The molecule has 1 amide bonds. The van der Waals surface area contributed by atoms with Crippen LogP contribution in [0.4, 0.5) is 4.39 Å². The van der Waals surface area contributed by atoms with E-state index in [1.165, 1.54) is 19.2 Å². The first-order valence-corrected chi connectivity index (χ1v) is 4.34. The smallest absolute Gasteiger partial charge is 0.251 e. The van der Waals surface area contributed by atoms with Gasteiger partial charge in [0.2, 0.25) is 0 Å². The van der Waals surface area contributed by atoms with Gasteiger partial charge in [-0.15, -0.1) is 0 Å². The number of halogens is 1. The van der Waals surface area contributed by atoms with Crippen molar-refractivity contribution in [1.82, 2.24) is 10.6 Å². The summed E-state index contributed by atoms with van der Waals surface area (Å²) in [5.41, 5.74) is 1.16. The highest BCUT2D eigenvalue weighted by molar-refractivity contribution is 5.95. The number of nitrogens with one attached hydrogen (secondary N) is 2. The second kappa shape index (κ2) is 4.72. The van der Waals surface area contributed by atoms with Crippen molar-refractivity contribution in [2.45, 2.75) is 6.54 Å². The van der Waals surface area contributed by atoms with E-state index in [0.717, 1.165) is 5.56 Å². The Hall–Kier alpha value is -1.42. The fraction of sp³-hybridized carbons (Fsp3) is 0.300. The molecule has 0 spiro atoms. The van der Waals surface area contributed by atoms with Crippen LogP contribution in [0.3, 0.4) is 0 Å². The molecule has 1 aromatic carbocycles. The third-order valence-electron chi connectivity index (χ3n) is 1.91. The monoisotopic (exact) mass is 196 g/mol. The van der Waals surface area contributed by atoms with E-state index < -0.39 is 5.82 Å². The predicted octanol–water partition coefficient (Wildman–Crippen LogP) is 0.905. The zero-order valence-corrected chi connectivity index (χ0v) is 8.23. The lowest BCUT2D eigenvalue weighted by atomic mass is 10.1. The topological polar surface area (TPSA) is 41.1 Å². The Bertz CT molecular complexity index is 339. The zero-order chi connectivity index (χ0) is 10.6. The number of hydrogen-bond acceptors (Lipinski definition) is 2. The molecular formula is C10H13FN2O. The first-order valence-electron chi connectivity index (χ1n) is 4.34. The molecule has 0 aliphatic rings. The Morgan fingerprint density at radius 2 is 2.14 bits per heavy atom. The van der Waals surface area contributed by atoms with Gasteiger partial charge in [0.1, 0.15) is 5.82 Å². The Labute approximate surface area is 82.3 Å². The summed E-state index contributed by atoms with van der Waals surface area (Å²) < 4.78 is 12.9. The minimum absolute atomic E-state index is 0.269. The number of carbonyl (C=O) groups is 1. The molecule has 0 unspecified atom stereocenters. The van der Waals surface area contributed by atoms with Gasteiger partial charge in [-0.25, -0.2) is 4.39 Å². The number of hydrogen-bond donors (Lipinski definition) is 2. The van der Waals surface area contributed by atoms with E-state index >= 15 is 0 Å². The van der Waals surface area contributed by atoms with Crippen LogP contribution in [-0.2, 0) is 6.54 Å². The second-order valence-electron chi connectivity index (χ2n) is 2.91. The maximum Gasteiger partial charge on any atom is 0.251 e. The lowest BCUT2D eigenvalue weighted by Gasteiger charge is -2.07. The Morgan fingerprint density at radius 1 is 1.43 bits per heavy atom. The van der Waals surface area contributed by atoms with Crippen molar-refractivity contribution >= 4 is 5.91 Å². The van der Waals surface area contributed by atoms with Gasteiger partial charge in [0, 0.05) is 19.2 Å². The van der Waals surface area contributed by atoms with Crippen molar-refractivity contribution in [2.24, 2.45) is 0 Å². The first kappa shape index (κ1) is 10.7. The second-order valence-corrected chi connectivity index (χ2v) is 2.91. The molecule has 0 aromatic heterocycles. The zero-order valence-electron chi connectivity index (χ0n) is 8.23.